The van der Waals surface area contributed by atoms with Crippen LogP contribution in [0.5, 0.6) is 0 Å². The Bertz CT molecular complexity index is 691. The van der Waals surface area contributed by atoms with Crippen LogP contribution in [0.3, 0.4) is 0 Å². The first-order valence-corrected chi connectivity index (χ1v) is 10.9. The van der Waals surface area contributed by atoms with Crippen LogP contribution in [0.1, 0.15) is 51.5 Å². The Morgan fingerprint density at radius 1 is 1.15 bits per heavy atom. The standard InChI is InChI=1S/C19H31N3O3S/c1-3-19(20,4-2)15-21-18(23)12-9-16-7-10-17(11-8-16)26(24,25)22-13-5-6-14-22/h7-8,10-11H,3-6,9,12-15,20H2,1-2H3,(H,21,23). The molecule has 0 atom stereocenters. The number of nitrogens with one attached hydrogen (secondary N) is 1. The Kier molecular flexibility index (Phi) is 7.20. The maximum atomic E-state index is 12.5. The monoisotopic (exact) mass is 381 g/mol. The number of hydrogen-bond acceptors (Lipinski definition) is 4. The average molecular weight is 382 g/mol. The topological polar surface area (TPSA) is 92.5 Å². The smallest absolute Gasteiger partial charge is 0.243 e. The van der Waals surface area contributed by atoms with Gasteiger partial charge in [0.05, 0.1) is 4.90 Å². The van der Waals surface area contributed by atoms with Gasteiger partial charge in [0.15, 0.2) is 0 Å². The van der Waals surface area contributed by atoms with Gasteiger partial charge in [0.2, 0.25) is 15.9 Å². The van der Waals surface area contributed by atoms with Gasteiger partial charge < -0.3 is 11.1 Å². The number of sulfonamides is 1. The summed E-state index contributed by atoms with van der Waals surface area (Å²) >= 11 is 0. The lowest BCUT2D eigenvalue weighted by Crippen LogP contribution is -2.49. The second-order valence-corrected chi connectivity index (χ2v) is 9.04. The van der Waals surface area contributed by atoms with E-state index in [9.17, 15) is 13.2 Å². The molecule has 0 aromatic heterocycles. The lowest BCUT2D eigenvalue weighted by atomic mass is 9.94. The Morgan fingerprint density at radius 3 is 2.27 bits per heavy atom. The van der Waals surface area contributed by atoms with Gasteiger partial charge in [-0.15, -0.1) is 0 Å². The molecule has 1 aliphatic rings. The van der Waals surface area contributed by atoms with Crippen molar-refractivity contribution >= 4 is 15.9 Å². The molecule has 0 spiro atoms. The Balaban J connectivity index is 1.86. The molecule has 0 aliphatic carbocycles. The Labute approximate surface area is 157 Å². The lowest BCUT2D eigenvalue weighted by Gasteiger charge is -2.26. The van der Waals surface area contributed by atoms with Crippen LogP contribution >= 0.6 is 0 Å². The highest BCUT2D eigenvalue weighted by atomic mass is 32.2. The molecule has 0 saturated carbocycles. The van der Waals surface area contributed by atoms with E-state index in [-0.39, 0.29) is 11.4 Å². The van der Waals surface area contributed by atoms with Crippen LogP contribution in [0, 0.1) is 0 Å². The minimum Gasteiger partial charge on any atom is -0.354 e. The van der Waals surface area contributed by atoms with Crippen LogP contribution in [0.15, 0.2) is 29.2 Å². The fourth-order valence-corrected chi connectivity index (χ4v) is 4.54. The summed E-state index contributed by atoms with van der Waals surface area (Å²) in [6.45, 7) is 5.72. The number of carbonyl (C=O) groups is 1. The molecule has 146 valence electrons. The van der Waals surface area contributed by atoms with Crippen molar-refractivity contribution in [2.45, 2.75) is 62.8 Å². The predicted octanol–water partition coefficient (Wildman–Crippen LogP) is 2.04. The summed E-state index contributed by atoms with van der Waals surface area (Å²) < 4.78 is 26.5. The van der Waals surface area contributed by atoms with Crippen LogP contribution in [0.4, 0.5) is 0 Å². The molecule has 0 bridgehead atoms. The number of amides is 1. The molecule has 1 aliphatic heterocycles. The summed E-state index contributed by atoms with van der Waals surface area (Å²) in [5.41, 5.74) is 6.79. The molecule has 1 aromatic carbocycles. The maximum absolute atomic E-state index is 12.5. The number of carbonyl (C=O) groups excluding carboxylic acids is 1. The van der Waals surface area contributed by atoms with Crippen molar-refractivity contribution in [1.82, 2.24) is 9.62 Å². The zero-order valence-corrected chi connectivity index (χ0v) is 16.6. The van der Waals surface area contributed by atoms with E-state index in [4.69, 9.17) is 5.73 Å². The van der Waals surface area contributed by atoms with Gasteiger partial charge in [-0.2, -0.15) is 4.31 Å². The van der Waals surface area contributed by atoms with E-state index in [0.29, 0.717) is 37.4 Å². The van der Waals surface area contributed by atoms with E-state index in [1.807, 2.05) is 13.8 Å². The van der Waals surface area contributed by atoms with Crippen LogP contribution in [0.2, 0.25) is 0 Å². The van der Waals surface area contributed by atoms with Gasteiger partial charge >= 0.3 is 0 Å². The summed E-state index contributed by atoms with van der Waals surface area (Å²) in [5, 5.41) is 2.90. The highest BCUT2D eigenvalue weighted by molar-refractivity contribution is 7.89. The molecule has 1 fully saturated rings. The average Bonchev–Trinajstić information content (AvgIpc) is 3.20. The SMILES string of the molecule is CCC(N)(CC)CNC(=O)CCc1ccc(S(=O)(=O)N2CCCC2)cc1. The molecule has 1 heterocycles. The second kappa shape index (κ2) is 8.97. The van der Waals surface area contributed by atoms with Crippen molar-refractivity contribution in [2.75, 3.05) is 19.6 Å². The fourth-order valence-electron chi connectivity index (χ4n) is 3.03. The Morgan fingerprint density at radius 2 is 1.73 bits per heavy atom. The molecule has 3 N–H and O–H groups in total. The van der Waals surface area contributed by atoms with Gasteiger partial charge in [-0.1, -0.05) is 26.0 Å². The summed E-state index contributed by atoms with van der Waals surface area (Å²) in [4.78, 5) is 12.4. The van der Waals surface area contributed by atoms with E-state index in [2.05, 4.69) is 5.32 Å². The van der Waals surface area contributed by atoms with E-state index in [0.717, 1.165) is 31.2 Å². The first-order chi connectivity index (χ1) is 12.3. The molecule has 1 amide bonds. The fraction of sp³-hybridized carbons (Fsp3) is 0.632. The van der Waals surface area contributed by atoms with Crippen molar-refractivity contribution < 1.29 is 13.2 Å². The summed E-state index contributed by atoms with van der Waals surface area (Å²) in [5.74, 6) is -0.0320. The number of aryl methyl sites for hydroxylation is 1. The number of nitrogens with zero attached hydrogens (tertiary/aromatic N) is 1. The highest BCUT2D eigenvalue weighted by Crippen LogP contribution is 2.21. The zero-order valence-electron chi connectivity index (χ0n) is 15.8. The first kappa shape index (κ1) is 20.9. The van der Waals surface area contributed by atoms with Crippen LogP contribution in [0.25, 0.3) is 0 Å². The minimum absolute atomic E-state index is 0.0320. The van der Waals surface area contributed by atoms with E-state index in [1.54, 1.807) is 24.3 Å². The summed E-state index contributed by atoms with van der Waals surface area (Å²) in [7, 11) is -3.38. The molecule has 1 aromatic rings. The zero-order chi connectivity index (χ0) is 19.2. The molecule has 6 nitrogen and oxygen atoms in total. The molecular formula is C19H31N3O3S. The predicted molar refractivity (Wildman–Crippen MR) is 103 cm³/mol. The third kappa shape index (κ3) is 5.28. The molecule has 2 rings (SSSR count). The van der Waals surface area contributed by atoms with Gasteiger partial charge in [0.1, 0.15) is 0 Å². The molecular weight excluding hydrogens is 350 g/mol. The van der Waals surface area contributed by atoms with Gasteiger partial charge in [0.25, 0.3) is 0 Å². The molecule has 1 saturated heterocycles. The van der Waals surface area contributed by atoms with Crippen molar-refractivity contribution in [3.05, 3.63) is 29.8 Å². The third-order valence-electron chi connectivity index (χ3n) is 5.31. The van der Waals surface area contributed by atoms with E-state index in [1.165, 1.54) is 4.31 Å². The number of hydrogen-bond donors (Lipinski definition) is 2. The van der Waals surface area contributed by atoms with Crippen molar-refractivity contribution in [3.8, 4) is 0 Å². The van der Waals surface area contributed by atoms with Gasteiger partial charge in [-0.3, -0.25) is 4.79 Å². The van der Waals surface area contributed by atoms with Gasteiger partial charge in [-0.05, 0) is 49.8 Å². The first-order valence-electron chi connectivity index (χ1n) is 9.45. The molecule has 0 radical (unpaired) electrons. The molecule has 7 heteroatoms. The van der Waals surface area contributed by atoms with E-state index >= 15 is 0 Å². The normalized spacial score (nSPS) is 16.0. The Hall–Kier alpha value is -1.44. The van der Waals surface area contributed by atoms with Crippen LogP contribution < -0.4 is 11.1 Å². The van der Waals surface area contributed by atoms with Gasteiger partial charge in [-0.25, -0.2) is 8.42 Å². The lowest BCUT2D eigenvalue weighted by molar-refractivity contribution is -0.121. The number of rotatable bonds is 9. The number of benzene rings is 1. The van der Waals surface area contributed by atoms with E-state index < -0.39 is 10.0 Å². The highest BCUT2D eigenvalue weighted by Gasteiger charge is 2.27. The minimum atomic E-state index is -3.38. The summed E-state index contributed by atoms with van der Waals surface area (Å²) in [6, 6.07) is 6.86. The third-order valence-corrected chi connectivity index (χ3v) is 7.23. The quantitative estimate of drug-likeness (QED) is 0.685. The van der Waals surface area contributed by atoms with Crippen LogP contribution in [-0.4, -0.2) is 43.8 Å². The summed E-state index contributed by atoms with van der Waals surface area (Å²) in [6.07, 6.45) is 4.42. The largest absolute Gasteiger partial charge is 0.354 e. The van der Waals surface area contributed by atoms with Crippen molar-refractivity contribution in [2.24, 2.45) is 5.73 Å². The van der Waals surface area contributed by atoms with Crippen molar-refractivity contribution in [1.29, 1.82) is 0 Å². The van der Waals surface area contributed by atoms with Gasteiger partial charge in [0, 0.05) is 31.6 Å². The molecule has 26 heavy (non-hydrogen) atoms. The second-order valence-electron chi connectivity index (χ2n) is 7.10. The molecule has 0 unspecified atom stereocenters. The van der Waals surface area contributed by atoms with Crippen molar-refractivity contribution in [3.63, 3.8) is 0 Å². The maximum Gasteiger partial charge on any atom is 0.243 e. The van der Waals surface area contributed by atoms with Crippen LogP contribution in [-0.2, 0) is 21.2 Å². The number of nitrogens with two attached hydrogens (primary N) is 1.